The predicted molar refractivity (Wildman–Crippen MR) is 74.6 cm³/mol. The number of Topliss-reactive ketones (excluding diaryl/α,β-unsaturated/α-hetero) is 1. The molecule has 0 unspecified atom stereocenters. The van der Waals surface area contributed by atoms with E-state index in [1.165, 1.54) is 25.7 Å². The van der Waals surface area contributed by atoms with Crippen molar-refractivity contribution in [1.29, 1.82) is 0 Å². The number of carbonyl (C=O) groups is 2. The van der Waals surface area contributed by atoms with E-state index in [1.807, 2.05) is 26.0 Å². The molecule has 1 aromatic carbocycles. The molecule has 0 spiro atoms. The first-order chi connectivity index (χ1) is 9.09. The molecule has 3 nitrogen and oxygen atoms in total. The van der Waals surface area contributed by atoms with E-state index < -0.39 is 0 Å². The van der Waals surface area contributed by atoms with E-state index in [4.69, 9.17) is 0 Å². The third kappa shape index (κ3) is 1.88. The van der Waals surface area contributed by atoms with Gasteiger partial charge in [-0.05, 0) is 43.7 Å². The maximum absolute atomic E-state index is 12.2. The normalized spacial score (nSPS) is 19.4. The van der Waals surface area contributed by atoms with Crippen LogP contribution >= 0.6 is 0 Å². The fourth-order valence-corrected chi connectivity index (χ4v) is 3.39. The van der Waals surface area contributed by atoms with Crippen molar-refractivity contribution < 1.29 is 9.59 Å². The van der Waals surface area contributed by atoms with Crippen LogP contribution in [0.4, 0.5) is 5.69 Å². The standard InChI is InChI=1S/C16H19NO2/c1-10-7-8-11(2)14-13(10)15(18)16(19)17(14)9-12-5-3-4-6-12/h7-8,12H,3-6,9H2,1-2H3. The molecule has 1 amide bonds. The van der Waals surface area contributed by atoms with E-state index in [9.17, 15) is 9.59 Å². The Labute approximate surface area is 113 Å². The topological polar surface area (TPSA) is 37.4 Å². The van der Waals surface area contributed by atoms with Crippen molar-refractivity contribution in [2.24, 2.45) is 5.92 Å². The highest BCUT2D eigenvalue weighted by Crippen LogP contribution is 2.37. The van der Waals surface area contributed by atoms with Gasteiger partial charge in [0.2, 0.25) is 0 Å². The maximum atomic E-state index is 12.2. The van der Waals surface area contributed by atoms with Crippen LogP contribution < -0.4 is 4.90 Å². The second kappa shape index (κ2) is 4.48. The summed E-state index contributed by atoms with van der Waals surface area (Å²) in [6.45, 7) is 4.59. The molecule has 0 N–H and O–H groups in total. The molecule has 2 aliphatic rings. The van der Waals surface area contributed by atoms with Gasteiger partial charge in [-0.25, -0.2) is 0 Å². The Kier molecular flexibility index (Phi) is 2.92. The van der Waals surface area contributed by atoms with Crippen LogP contribution in [0.15, 0.2) is 12.1 Å². The van der Waals surface area contributed by atoms with Crippen LogP contribution in [-0.2, 0) is 4.79 Å². The van der Waals surface area contributed by atoms with Crippen molar-refractivity contribution in [1.82, 2.24) is 0 Å². The number of nitrogens with zero attached hydrogens (tertiary/aromatic N) is 1. The van der Waals surface area contributed by atoms with Crippen LogP contribution in [0.1, 0.15) is 47.2 Å². The summed E-state index contributed by atoms with van der Waals surface area (Å²) < 4.78 is 0. The molecule has 0 bridgehead atoms. The molecular formula is C16H19NO2. The molecule has 1 heterocycles. The lowest BCUT2D eigenvalue weighted by molar-refractivity contribution is -0.114. The van der Waals surface area contributed by atoms with E-state index in [1.54, 1.807) is 4.90 Å². The molecule has 1 fully saturated rings. The summed E-state index contributed by atoms with van der Waals surface area (Å²) in [6.07, 6.45) is 4.86. The van der Waals surface area contributed by atoms with Crippen molar-refractivity contribution in [2.75, 3.05) is 11.4 Å². The molecule has 1 aliphatic heterocycles. The first kappa shape index (κ1) is 12.4. The second-order valence-corrected chi connectivity index (χ2v) is 5.82. The monoisotopic (exact) mass is 257 g/mol. The third-order valence-corrected chi connectivity index (χ3v) is 4.44. The Hall–Kier alpha value is -1.64. The number of aryl methyl sites for hydroxylation is 2. The minimum atomic E-state index is -0.334. The zero-order chi connectivity index (χ0) is 13.6. The van der Waals surface area contributed by atoms with E-state index in [0.29, 0.717) is 18.0 Å². The van der Waals surface area contributed by atoms with Crippen LogP contribution in [0, 0.1) is 19.8 Å². The predicted octanol–water partition coefficient (Wildman–Crippen LogP) is 3.02. The number of benzene rings is 1. The van der Waals surface area contributed by atoms with Gasteiger partial charge in [0.05, 0.1) is 11.3 Å². The molecule has 0 saturated heterocycles. The van der Waals surface area contributed by atoms with Gasteiger partial charge in [-0.2, -0.15) is 0 Å². The summed E-state index contributed by atoms with van der Waals surface area (Å²) in [5.74, 6) is -0.101. The fraction of sp³-hybridized carbons (Fsp3) is 0.500. The molecule has 0 radical (unpaired) electrons. The smallest absolute Gasteiger partial charge is 0.299 e. The van der Waals surface area contributed by atoms with Crippen molar-refractivity contribution in [2.45, 2.75) is 39.5 Å². The van der Waals surface area contributed by atoms with E-state index in [-0.39, 0.29) is 11.7 Å². The number of carbonyl (C=O) groups excluding carboxylic acids is 2. The van der Waals surface area contributed by atoms with Crippen LogP contribution in [0.3, 0.4) is 0 Å². The van der Waals surface area contributed by atoms with E-state index >= 15 is 0 Å². The number of hydrogen-bond donors (Lipinski definition) is 0. The lowest BCUT2D eigenvalue weighted by atomic mass is 10.0. The molecule has 1 aliphatic carbocycles. The van der Waals surface area contributed by atoms with Crippen LogP contribution in [0.2, 0.25) is 0 Å². The highest BCUT2D eigenvalue weighted by Gasteiger charge is 2.39. The van der Waals surface area contributed by atoms with Gasteiger partial charge >= 0.3 is 0 Å². The summed E-state index contributed by atoms with van der Waals surface area (Å²) in [4.78, 5) is 26.1. The molecular weight excluding hydrogens is 238 g/mol. The summed E-state index contributed by atoms with van der Waals surface area (Å²) in [5.41, 5.74) is 3.43. The zero-order valence-corrected chi connectivity index (χ0v) is 11.5. The molecule has 0 atom stereocenters. The molecule has 1 saturated carbocycles. The van der Waals surface area contributed by atoms with Gasteiger partial charge in [0.1, 0.15) is 0 Å². The molecule has 100 valence electrons. The van der Waals surface area contributed by atoms with E-state index in [2.05, 4.69) is 0 Å². The summed E-state index contributed by atoms with van der Waals surface area (Å²) in [6, 6.07) is 3.93. The number of ketones is 1. The Morgan fingerprint density at radius 1 is 1.11 bits per heavy atom. The lowest BCUT2D eigenvalue weighted by Gasteiger charge is -2.22. The molecule has 1 aromatic rings. The zero-order valence-electron chi connectivity index (χ0n) is 11.5. The molecule has 0 aromatic heterocycles. The van der Waals surface area contributed by atoms with Gasteiger partial charge in [-0.1, -0.05) is 25.0 Å². The summed E-state index contributed by atoms with van der Waals surface area (Å²) in [5, 5.41) is 0. The number of fused-ring (bicyclic) bond motifs is 1. The third-order valence-electron chi connectivity index (χ3n) is 4.44. The molecule has 19 heavy (non-hydrogen) atoms. The SMILES string of the molecule is Cc1ccc(C)c2c1C(=O)C(=O)N2CC1CCCC1. The molecule has 3 rings (SSSR count). The lowest BCUT2D eigenvalue weighted by Crippen LogP contribution is -2.34. The minimum Gasteiger partial charge on any atom is -0.304 e. The van der Waals surface area contributed by atoms with Crippen molar-refractivity contribution in [3.8, 4) is 0 Å². The summed E-state index contributed by atoms with van der Waals surface area (Å²) >= 11 is 0. The average Bonchev–Trinajstić information content (AvgIpc) is 2.97. The highest BCUT2D eigenvalue weighted by atomic mass is 16.2. The quantitative estimate of drug-likeness (QED) is 0.764. The van der Waals surface area contributed by atoms with Gasteiger partial charge in [0.25, 0.3) is 11.7 Å². The first-order valence-electron chi connectivity index (χ1n) is 7.06. The Morgan fingerprint density at radius 2 is 1.74 bits per heavy atom. The van der Waals surface area contributed by atoms with Crippen LogP contribution in [0.5, 0.6) is 0 Å². The van der Waals surface area contributed by atoms with E-state index in [0.717, 1.165) is 16.8 Å². The minimum absolute atomic E-state index is 0.325. The Morgan fingerprint density at radius 3 is 2.42 bits per heavy atom. The molecule has 3 heteroatoms. The number of amides is 1. The number of hydrogen-bond acceptors (Lipinski definition) is 2. The van der Waals surface area contributed by atoms with Gasteiger partial charge in [-0.3, -0.25) is 9.59 Å². The van der Waals surface area contributed by atoms with Crippen molar-refractivity contribution >= 4 is 17.4 Å². The fourth-order valence-electron chi connectivity index (χ4n) is 3.39. The second-order valence-electron chi connectivity index (χ2n) is 5.82. The highest BCUT2D eigenvalue weighted by molar-refractivity contribution is 6.52. The number of rotatable bonds is 2. The van der Waals surface area contributed by atoms with Crippen molar-refractivity contribution in [3.63, 3.8) is 0 Å². The Balaban J connectivity index is 2.01. The maximum Gasteiger partial charge on any atom is 0.299 e. The van der Waals surface area contributed by atoms with Crippen LogP contribution in [0.25, 0.3) is 0 Å². The van der Waals surface area contributed by atoms with Crippen LogP contribution in [-0.4, -0.2) is 18.2 Å². The van der Waals surface area contributed by atoms with Gasteiger partial charge in [0.15, 0.2) is 0 Å². The van der Waals surface area contributed by atoms with Gasteiger partial charge < -0.3 is 4.90 Å². The van der Waals surface area contributed by atoms with Gasteiger partial charge in [0, 0.05) is 6.54 Å². The largest absolute Gasteiger partial charge is 0.304 e. The number of anilines is 1. The van der Waals surface area contributed by atoms with Crippen molar-refractivity contribution in [3.05, 3.63) is 28.8 Å². The van der Waals surface area contributed by atoms with Gasteiger partial charge in [-0.15, -0.1) is 0 Å². The first-order valence-corrected chi connectivity index (χ1v) is 7.06. The Bertz CT molecular complexity index is 556. The summed E-state index contributed by atoms with van der Waals surface area (Å²) in [7, 11) is 0. The average molecular weight is 257 g/mol.